The van der Waals surface area contributed by atoms with Crippen LogP contribution in [0.4, 0.5) is 0 Å². The highest BCUT2D eigenvalue weighted by Gasteiger charge is 2.30. The second-order valence-electron chi connectivity index (χ2n) is 27.2. The van der Waals surface area contributed by atoms with Crippen LogP contribution in [0.3, 0.4) is 0 Å². The van der Waals surface area contributed by atoms with Gasteiger partial charge in [0, 0.05) is 25.7 Å². The molecule has 0 fully saturated rings. The van der Waals surface area contributed by atoms with Crippen LogP contribution >= 0.6 is 15.6 Å². The Morgan fingerprint density at radius 1 is 0.326 bits per heavy atom. The lowest BCUT2D eigenvalue weighted by atomic mass is 10.0. The minimum atomic E-state index is -4.96. The van der Waals surface area contributed by atoms with Gasteiger partial charge in [0.2, 0.25) is 0 Å². The van der Waals surface area contributed by atoms with Crippen molar-refractivity contribution >= 4 is 39.5 Å². The van der Waals surface area contributed by atoms with E-state index in [-0.39, 0.29) is 25.7 Å². The highest BCUT2D eigenvalue weighted by molar-refractivity contribution is 7.47. The van der Waals surface area contributed by atoms with E-state index in [4.69, 9.17) is 37.0 Å². The summed E-state index contributed by atoms with van der Waals surface area (Å²) in [6.45, 7) is 7.24. The number of allylic oxidation sites excluding steroid dienone is 4. The van der Waals surface area contributed by atoms with Gasteiger partial charge in [-0.25, -0.2) is 9.13 Å². The maximum atomic E-state index is 13.1. The minimum Gasteiger partial charge on any atom is -0.462 e. The number of unbranched alkanes of at least 4 members (excludes halogenated alkanes) is 43. The Kier molecular flexibility index (Phi) is 66.9. The van der Waals surface area contributed by atoms with Crippen molar-refractivity contribution in [3.05, 3.63) is 24.3 Å². The molecule has 5 atom stereocenters. The molecule has 560 valence electrons. The number of carbonyl (C=O) groups is 4. The van der Waals surface area contributed by atoms with Gasteiger partial charge >= 0.3 is 39.5 Å². The zero-order chi connectivity index (χ0) is 69.8. The van der Waals surface area contributed by atoms with Gasteiger partial charge in [0.15, 0.2) is 12.2 Å². The van der Waals surface area contributed by atoms with Crippen LogP contribution in [0.15, 0.2) is 24.3 Å². The Hall–Kier alpha value is -2.46. The molecule has 2 unspecified atom stereocenters. The number of hydrogen-bond donors (Lipinski definition) is 3. The van der Waals surface area contributed by atoms with Crippen molar-refractivity contribution < 1.29 is 80.2 Å². The molecule has 0 bridgehead atoms. The Morgan fingerprint density at radius 2 is 0.568 bits per heavy atom. The highest BCUT2D eigenvalue weighted by atomic mass is 31.2. The van der Waals surface area contributed by atoms with Crippen molar-refractivity contribution in [2.75, 3.05) is 39.6 Å². The molecular formula is C76H144O17P2. The molecule has 19 heteroatoms. The zero-order valence-electron chi connectivity index (χ0n) is 61.3. The third kappa shape index (κ3) is 69.8. The molecule has 0 saturated carbocycles. The van der Waals surface area contributed by atoms with Crippen LogP contribution in [0.5, 0.6) is 0 Å². The van der Waals surface area contributed by atoms with E-state index < -0.39 is 97.5 Å². The van der Waals surface area contributed by atoms with E-state index in [1.165, 1.54) is 180 Å². The van der Waals surface area contributed by atoms with Crippen molar-refractivity contribution in [1.82, 2.24) is 0 Å². The molecule has 0 aliphatic rings. The van der Waals surface area contributed by atoms with E-state index in [2.05, 4.69) is 58.9 Å². The number of hydrogen-bond acceptors (Lipinski definition) is 15. The van der Waals surface area contributed by atoms with Crippen molar-refractivity contribution in [1.29, 1.82) is 0 Å². The Morgan fingerprint density at radius 3 is 0.863 bits per heavy atom. The van der Waals surface area contributed by atoms with Crippen LogP contribution in [-0.4, -0.2) is 96.7 Å². The van der Waals surface area contributed by atoms with E-state index in [0.717, 1.165) is 115 Å². The lowest BCUT2D eigenvalue weighted by Crippen LogP contribution is -2.30. The molecule has 0 radical (unpaired) electrons. The first-order chi connectivity index (χ1) is 46.0. The van der Waals surface area contributed by atoms with Gasteiger partial charge in [-0.2, -0.15) is 0 Å². The van der Waals surface area contributed by atoms with E-state index in [1.54, 1.807) is 0 Å². The Balaban J connectivity index is 5.29. The molecule has 0 spiro atoms. The van der Waals surface area contributed by atoms with Crippen molar-refractivity contribution in [2.24, 2.45) is 5.92 Å². The molecule has 0 aromatic heterocycles. The quantitative estimate of drug-likeness (QED) is 0.0169. The summed E-state index contributed by atoms with van der Waals surface area (Å²) in [5.41, 5.74) is 0. The molecule has 0 aromatic carbocycles. The SMILES string of the molecule is CCCCCC/C=C\C=C/CCCCCCCC(=O)OC[C@H](COP(=O)(O)OC[C@@H](O)COP(=O)(O)OC[C@@H](COC(=O)CCCCCCCCCCCCC)OC(=O)CCCCCCCCCCCCCCC)OC(=O)CCCCCCCCCCCCCCCC(C)C. The third-order valence-electron chi connectivity index (χ3n) is 17.2. The molecular weight excluding hydrogens is 1250 g/mol. The lowest BCUT2D eigenvalue weighted by molar-refractivity contribution is -0.161. The predicted molar refractivity (Wildman–Crippen MR) is 386 cm³/mol. The van der Waals surface area contributed by atoms with Crippen LogP contribution in [0.2, 0.25) is 0 Å². The lowest BCUT2D eigenvalue weighted by Gasteiger charge is -2.21. The number of carbonyl (C=O) groups excluding carboxylic acids is 4. The maximum Gasteiger partial charge on any atom is 0.472 e. The smallest absolute Gasteiger partial charge is 0.462 e. The minimum absolute atomic E-state index is 0.101. The molecule has 0 saturated heterocycles. The summed E-state index contributed by atoms with van der Waals surface area (Å²) < 4.78 is 68.5. The number of ether oxygens (including phenoxy) is 4. The summed E-state index contributed by atoms with van der Waals surface area (Å²) in [5, 5.41) is 10.6. The average molecular weight is 1390 g/mol. The fourth-order valence-electron chi connectivity index (χ4n) is 11.2. The van der Waals surface area contributed by atoms with Gasteiger partial charge in [0.05, 0.1) is 26.4 Å². The van der Waals surface area contributed by atoms with Gasteiger partial charge < -0.3 is 33.8 Å². The molecule has 0 aliphatic carbocycles. The molecule has 95 heavy (non-hydrogen) atoms. The number of aliphatic hydroxyl groups excluding tert-OH is 1. The number of phosphoric acid groups is 2. The van der Waals surface area contributed by atoms with Crippen molar-refractivity contribution in [3.8, 4) is 0 Å². The molecule has 3 N–H and O–H groups in total. The fraction of sp³-hybridized carbons (Fsp3) is 0.895. The summed E-state index contributed by atoms with van der Waals surface area (Å²) in [4.78, 5) is 72.8. The molecule has 17 nitrogen and oxygen atoms in total. The van der Waals surface area contributed by atoms with E-state index >= 15 is 0 Å². The topological polar surface area (TPSA) is 237 Å². The van der Waals surface area contributed by atoms with Crippen molar-refractivity contribution in [3.63, 3.8) is 0 Å². The molecule has 0 aromatic rings. The van der Waals surface area contributed by atoms with Crippen LogP contribution in [0, 0.1) is 5.92 Å². The van der Waals surface area contributed by atoms with E-state index in [1.807, 2.05) is 0 Å². The van der Waals surface area contributed by atoms with Gasteiger partial charge in [0.1, 0.15) is 19.3 Å². The van der Waals surface area contributed by atoms with Crippen LogP contribution in [0.1, 0.15) is 375 Å². The second kappa shape index (κ2) is 68.7. The van der Waals surface area contributed by atoms with Crippen molar-refractivity contribution in [2.45, 2.75) is 393 Å². The van der Waals surface area contributed by atoms with Gasteiger partial charge in [-0.1, -0.05) is 322 Å². The third-order valence-corrected chi connectivity index (χ3v) is 19.1. The summed E-state index contributed by atoms with van der Waals surface area (Å²) in [5.74, 6) is -1.36. The first-order valence-electron chi connectivity index (χ1n) is 39.0. The van der Waals surface area contributed by atoms with Gasteiger partial charge in [-0.15, -0.1) is 0 Å². The van der Waals surface area contributed by atoms with Crippen LogP contribution in [0.25, 0.3) is 0 Å². The summed E-state index contributed by atoms with van der Waals surface area (Å²) >= 11 is 0. The highest BCUT2D eigenvalue weighted by Crippen LogP contribution is 2.45. The first-order valence-corrected chi connectivity index (χ1v) is 41.9. The van der Waals surface area contributed by atoms with E-state index in [9.17, 15) is 43.2 Å². The average Bonchev–Trinajstić information content (AvgIpc) is 2.04. The number of phosphoric ester groups is 2. The largest absolute Gasteiger partial charge is 0.472 e. The maximum absolute atomic E-state index is 13.1. The second-order valence-corrected chi connectivity index (χ2v) is 30.1. The van der Waals surface area contributed by atoms with E-state index in [0.29, 0.717) is 25.7 Å². The first kappa shape index (κ1) is 92.5. The molecule has 0 heterocycles. The van der Waals surface area contributed by atoms with Crippen LogP contribution in [-0.2, 0) is 65.4 Å². The fourth-order valence-corrected chi connectivity index (χ4v) is 12.7. The predicted octanol–water partition coefficient (Wildman–Crippen LogP) is 22.0. The number of rotatable bonds is 74. The molecule has 0 rings (SSSR count). The van der Waals surface area contributed by atoms with Gasteiger partial charge in [0.25, 0.3) is 0 Å². The Labute approximate surface area is 580 Å². The number of esters is 4. The van der Waals surface area contributed by atoms with Crippen LogP contribution < -0.4 is 0 Å². The zero-order valence-corrected chi connectivity index (χ0v) is 63.1. The Bertz CT molecular complexity index is 1920. The molecule has 0 amide bonds. The summed E-state index contributed by atoms with van der Waals surface area (Å²) in [6.07, 6.45) is 60.2. The van der Waals surface area contributed by atoms with Gasteiger partial charge in [-0.05, 0) is 57.3 Å². The number of aliphatic hydroxyl groups is 1. The monoisotopic (exact) mass is 1390 g/mol. The summed E-state index contributed by atoms with van der Waals surface area (Å²) in [6, 6.07) is 0. The summed E-state index contributed by atoms with van der Waals surface area (Å²) in [7, 11) is -9.92. The van der Waals surface area contributed by atoms with Gasteiger partial charge in [-0.3, -0.25) is 37.3 Å². The molecule has 0 aliphatic heterocycles. The standard InChI is InChI=1S/C76H144O17P2/c1-6-9-12-15-18-21-24-26-27-31-35-40-45-50-55-60-74(79)87-66-72(93-76(81)62-57-52-47-42-37-32-28-30-34-38-43-48-53-58-69(4)5)68-91-95(84,85)89-64-70(77)63-88-94(82,83)90-67-71(65-86-73(78)59-54-49-44-39-33-23-20-17-14-11-8-3)92-75(80)61-56-51-46-41-36-29-25-22-19-16-13-10-7-2/h21,24,26-27,69-72,77H,6-20,22-23,25,28-68H2,1-5H3,(H,82,83)(H,84,85)/b24-21-,27-26-/t70-,71+,72+/m0/s1. The normalized spacial score (nSPS) is 14.1.